The van der Waals surface area contributed by atoms with E-state index < -0.39 is 5.97 Å². The molecule has 1 heterocycles. The first-order valence-electron chi connectivity index (χ1n) is 8.45. The Kier molecular flexibility index (Phi) is 5.36. The highest BCUT2D eigenvalue weighted by Crippen LogP contribution is 2.29. The summed E-state index contributed by atoms with van der Waals surface area (Å²) in [4.78, 5) is 13.3. The Morgan fingerprint density at radius 1 is 1.24 bits per heavy atom. The van der Waals surface area contributed by atoms with E-state index >= 15 is 0 Å². The molecule has 0 amide bonds. The minimum atomic E-state index is -0.947. The van der Waals surface area contributed by atoms with Crippen LogP contribution in [0.3, 0.4) is 0 Å². The minimum absolute atomic E-state index is 0.237. The van der Waals surface area contributed by atoms with Crippen LogP contribution in [-0.4, -0.2) is 48.8 Å². The molecule has 25 heavy (non-hydrogen) atoms. The number of carboxylic acids is 1. The van der Waals surface area contributed by atoms with Gasteiger partial charge >= 0.3 is 5.97 Å². The molecule has 0 saturated carbocycles. The average molecular weight is 341 g/mol. The largest absolute Gasteiger partial charge is 0.492 e. The van der Waals surface area contributed by atoms with Crippen molar-refractivity contribution < 1.29 is 19.4 Å². The molecule has 0 spiro atoms. The topological polar surface area (TPSA) is 59.0 Å². The van der Waals surface area contributed by atoms with Gasteiger partial charge in [0.2, 0.25) is 0 Å². The van der Waals surface area contributed by atoms with Gasteiger partial charge in [-0.2, -0.15) is 0 Å². The van der Waals surface area contributed by atoms with Crippen LogP contribution in [0.5, 0.6) is 5.75 Å². The van der Waals surface area contributed by atoms with Crippen LogP contribution in [0.4, 0.5) is 0 Å². The van der Waals surface area contributed by atoms with E-state index in [1.54, 1.807) is 24.3 Å². The van der Waals surface area contributed by atoms with Crippen molar-refractivity contribution in [1.29, 1.82) is 0 Å². The lowest BCUT2D eigenvalue weighted by atomic mass is 9.94. The van der Waals surface area contributed by atoms with E-state index in [0.29, 0.717) is 19.0 Å². The Balaban J connectivity index is 1.55. The number of carbonyl (C=O) groups is 1. The molecule has 1 unspecified atom stereocenters. The molecular formula is C20H23NO4. The van der Waals surface area contributed by atoms with Crippen molar-refractivity contribution in [1.82, 2.24) is 4.90 Å². The Morgan fingerprint density at radius 3 is 2.80 bits per heavy atom. The van der Waals surface area contributed by atoms with Crippen LogP contribution in [0.15, 0.2) is 54.6 Å². The number of carboxylic acid groups (broad SMARTS) is 1. The van der Waals surface area contributed by atoms with Gasteiger partial charge in [0.1, 0.15) is 18.0 Å². The summed E-state index contributed by atoms with van der Waals surface area (Å²) in [6.07, 6.45) is 0. The number of hydrogen-bond donors (Lipinski definition) is 1. The van der Waals surface area contributed by atoms with E-state index in [9.17, 15) is 4.79 Å². The summed E-state index contributed by atoms with van der Waals surface area (Å²) in [5, 5.41) is 9.03. The van der Waals surface area contributed by atoms with Gasteiger partial charge in [-0.1, -0.05) is 36.4 Å². The molecule has 0 aliphatic carbocycles. The van der Waals surface area contributed by atoms with Crippen molar-refractivity contribution in [3.63, 3.8) is 0 Å². The van der Waals surface area contributed by atoms with Gasteiger partial charge in [-0.15, -0.1) is 0 Å². The lowest BCUT2D eigenvalue weighted by Crippen LogP contribution is -2.49. The first kappa shape index (κ1) is 17.5. The standard InChI is InChI=1S/C20H23NO4/c1-20(17-7-3-2-4-8-17)15-21(11-13-25-20)10-12-24-18-9-5-6-16(14-18)19(22)23/h2-9,14H,10-13,15H2,1H3,(H,22,23). The van der Waals surface area contributed by atoms with Crippen LogP contribution in [-0.2, 0) is 10.3 Å². The van der Waals surface area contributed by atoms with Gasteiger partial charge in [-0.25, -0.2) is 4.79 Å². The number of ether oxygens (including phenoxy) is 2. The van der Waals surface area contributed by atoms with Gasteiger partial charge in [0, 0.05) is 19.6 Å². The molecule has 0 radical (unpaired) electrons. The molecule has 2 aromatic carbocycles. The second-order valence-electron chi connectivity index (χ2n) is 6.40. The molecule has 0 aromatic heterocycles. The van der Waals surface area contributed by atoms with Crippen LogP contribution < -0.4 is 4.74 Å². The summed E-state index contributed by atoms with van der Waals surface area (Å²) < 4.78 is 11.8. The van der Waals surface area contributed by atoms with Crippen molar-refractivity contribution in [3.8, 4) is 5.75 Å². The summed E-state index contributed by atoms with van der Waals surface area (Å²) >= 11 is 0. The second kappa shape index (κ2) is 7.68. The van der Waals surface area contributed by atoms with Gasteiger partial charge in [-0.3, -0.25) is 4.90 Å². The molecule has 5 heteroatoms. The minimum Gasteiger partial charge on any atom is -0.492 e. The third-order valence-electron chi connectivity index (χ3n) is 4.50. The number of rotatable bonds is 6. The summed E-state index contributed by atoms with van der Waals surface area (Å²) in [7, 11) is 0. The molecule has 3 rings (SSSR count). The van der Waals surface area contributed by atoms with Gasteiger partial charge in [0.15, 0.2) is 0 Å². The fourth-order valence-corrected chi connectivity index (χ4v) is 3.12. The van der Waals surface area contributed by atoms with Gasteiger partial charge < -0.3 is 14.6 Å². The summed E-state index contributed by atoms with van der Waals surface area (Å²) in [5.41, 5.74) is 1.10. The predicted molar refractivity (Wildman–Crippen MR) is 95.1 cm³/mol. The predicted octanol–water partition coefficient (Wildman–Crippen LogP) is 3.01. The van der Waals surface area contributed by atoms with Crippen molar-refractivity contribution in [2.75, 3.05) is 32.8 Å². The van der Waals surface area contributed by atoms with E-state index in [1.165, 1.54) is 5.56 Å². The molecule has 1 saturated heterocycles. The quantitative estimate of drug-likeness (QED) is 0.875. The lowest BCUT2D eigenvalue weighted by Gasteiger charge is -2.40. The van der Waals surface area contributed by atoms with E-state index in [4.69, 9.17) is 14.6 Å². The molecule has 1 N–H and O–H groups in total. The van der Waals surface area contributed by atoms with E-state index in [0.717, 1.165) is 19.6 Å². The van der Waals surface area contributed by atoms with E-state index in [1.807, 2.05) is 18.2 Å². The summed E-state index contributed by atoms with van der Waals surface area (Å²) in [5.74, 6) is -0.365. The molecule has 0 bridgehead atoms. The fraction of sp³-hybridized carbons (Fsp3) is 0.350. The van der Waals surface area contributed by atoms with Crippen molar-refractivity contribution >= 4 is 5.97 Å². The maximum absolute atomic E-state index is 11.0. The van der Waals surface area contributed by atoms with Gasteiger partial charge in [0.25, 0.3) is 0 Å². The SMILES string of the molecule is CC1(c2ccccc2)CN(CCOc2cccc(C(=O)O)c2)CCO1. The summed E-state index contributed by atoms with van der Waals surface area (Å²) in [6.45, 7) is 5.74. The Labute approximate surface area is 147 Å². The number of hydrogen-bond acceptors (Lipinski definition) is 4. The van der Waals surface area contributed by atoms with Gasteiger partial charge in [-0.05, 0) is 30.7 Å². The first-order chi connectivity index (χ1) is 12.1. The molecule has 2 aromatic rings. The normalized spacial score (nSPS) is 21.0. The maximum atomic E-state index is 11.0. The second-order valence-corrected chi connectivity index (χ2v) is 6.40. The first-order valence-corrected chi connectivity index (χ1v) is 8.45. The number of nitrogens with zero attached hydrogens (tertiary/aromatic N) is 1. The van der Waals surface area contributed by atoms with Crippen molar-refractivity contribution in [2.45, 2.75) is 12.5 Å². The number of benzene rings is 2. The van der Waals surface area contributed by atoms with Crippen LogP contribution in [0.1, 0.15) is 22.8 Å². The smallest absolute Gasteiger partial charge is 0.335 e. The van der Waals surface area contributed by atoms with Gasteiger partial charge in [0.05, 0.1) is 12.2 Å². The zero-order valence-electron chi connectivity index (χ0n) is 14.4. The van der Waals surface area contributed by atoms with Crippen molar-refractivity contribution in [3.05, 3.63) is 65.7 Å². The van der Waals surface area contributed by atoms with Crippen LogP contribution >= 0.6 is 0 Å². The Hall–Kier alpha value is -2.37. The molecule has 1 aliphatic heterocycles. The molecule has 1 atom stereocenters. The van der Waals surface area contributed by atoms with Crippen LogP contribution in [0.2, 0.25) is 0 Å². The third kappa shape index (κ3) is 4.38. The fourth-order valence-electron chi connectivity index (χ4n) is 3.12. The maximum Gasteiger partial charge on any atom is 0.335 e. The third-order valence-corrected chi connectivity index (χ3v) is 4.50. The number of aromatic carboxylic acids is 1. The van der Waals surface area contributed by atoms with Crippen molar-refractivity contribution in [2.24, 2.45) is 0 Å². The number of morpholine rings is 1. The lowest BCUT2D eigenvalue weighted by molar-refractivity contribution is -0.104. The Bertz CT molecular complexity index is 719. The molecule has 1 fully saturated rings. The average Bonchev–Trinajstić information content (AvgIpc) is 2.63. The zero-order valence-corrected chi connectivity index (χ0v) is 14.4. The highest BCUT2D eigenvalue weighted by atomic mass is 16.5. The Morgan fingerprint density at radius 2 is 2.04 bits per heavy atom. The molecular weight excluding hydrogens is 318 g/mol. The highest BCUT2D eigenvalue weighted by Gasteiger charge is 2.33. The van der Waals surface area contributed by atoms with Crippen LogP contribution in [0.25, 0.3) is 0 Å². The highest BCUT2D eigenvalue weighted by molar-refractivity contribution is 5.87. The van der Waals surface area contributed by atoms with Crippen LogP contribution in [0, 0.1) is 0 Å². The zero-order chi connectivity index (χ0) is 17.7. The molecule has 132 valence electrons. The monoisotopic (exact) mass is 341 g/mol. The molecule has 1 aliphatic rings. The molecule has 5 nitrogen and oxygen atoms in total. The van der Waals surface area contributed by atoms with E-state index in [2.05, 4.69) is 24.0 Å². The van der Waals surface area contributed by atoms with E-state index in [-0.39, 0.29) is 11.2 Å². The summed E-state index contributed by atoms with van der Waals surface area (Å²) in [6, 6.07) is 16.8.